The first kappa shape index (κ1) is 21.1. The van der Waals surface area contributed by atoms with E-state index in [0.717, 1.165) is 54.1 Å². The molecule has 2 amide bonds. The van der Waals surface area contributed by atoms with E-state index in [2.05, 4.69) is 10.3 Å². The van der Waals surface area contributed by atoms with Crippen LogP contribution in [-0.4, -0.2) is 22.0 Å². The van der Waals surface area contributed by atoms with Gasteiger partial charge in [0.25, 0.3) is 5.56 Å². The molecule has 1 saturated carbocycles. The number of anilines is 1. The number of aromatic nitrogens is 1. The number of halogens is 1. The number of hydrogen-bond acceptors (Lipinski definition) is 2. The smallest absolute Gasteiger partial charge is 0.321 e. The Morgan fingerprint density at radius 2 is 1.87 bits per heavy atom. The molecule has 0 saturated heterocycles. The monoisotopic (exact) mass is 421 g/mol. The molecule has 1 aliphatic carbocycles. The SMILES string of the molecule is Cc1ccc2cc(CN(C(=O)Nc3ccccc3F)C3CCCCC3)c(=O)[nH]c2c1C. The first-order chi connectivity index (χ1) is 14.9. The molecule has 1 heterocycles. The summed E-state index contributed by atoms with van der Waals surface area (Å²) in [5.74, 6) is -0.478. The average Bonchev–Trinajstić information content (AvgIpc) is 2.77. The second-order valence-electron chi connectivity index (χ2n) is 8.43. The van der Waals surface area contributed by atoms with Gasteiger partial charge in [0.05, 0.1) is 17.7 Å². The van der Waals surface area contributed by atoms with Crippen molar-refractivity contribution in [2.24, 2.45) is 0 Å². The molecule has 162 valence electrons. The van der Waals surface area contributed by atoms with Crippen LogP contribution in [0, 0.1) is 19.7 Å². The Kier molecular flexibility index (Phi) is 6.07. The summed E-state index contributed by atoms with van der Waals surface area (Å²) in [7, 11) is 0. The first-order valence-electron chi connectivity index (χ1n) is 10.9. The highest BCUT2D eigenvalue weighted by molar-refractivity contribution is 5.90. The number of para-hydroxylation sites is 1. The number of nitrogens with zero attached hydrogens (tertiary/aromatic N) is 1. The predicted molar refractivity (Wildman–Crippen MR) is 122 cm³/mol. The van der Waals surface area contributed by atoms with Crippen LogP contribution in [0.1, 0.15) is 48.8 Å². The molecule has 31 heavy (non-hydrogen) atoms. The largest absolute Gasteiger partial charge is 0.322 e. The van der Waals surface area contributed by atoms with Crippen LogP contribution in [0.3, 0.4) is 0 Å². The van der Waals surface area contributed by atoms with Gasteiger partial charge in [0, 0.05) is 11.6 Å². The number of carbonyl (C=O) groups is 1. The second kappa shape index (κ2) is 8.92. The Morgan fingerprint density at radius 3 is 2.61 bits per heavy atom. The van der Waals surface area contributed by atoms with E-state index in [1.165, 1.54) is 6.07 Å². The van der Waals surface area contributed by atoms with E-state index in [9.17, 15) is 14.0 Å². The Bertz CT molecular complexity index is 1170. The molecule has 5 nitrogen and oxygen atoms in total. The summed E-state index contributed by atoms with van der Waals surface area (Å²) in [5.41, 5.74) is 3.47. The average molecular weight is 422 g/mol. The quantitative estimate of drug-likeness (QED) is 0.572. The molecule has 0 radical (unpaired) electrons. The molecule has 4 rings (SSSR count). The molecule has 1 fully saturated rings. The molecule has 0 spiro atoms. The molecular formula is C25H28FN3O2. The lowest BCUT2D eigenvalue weighted by molar-refractivity contribution is 0.162. The molecule has 1 aliphatic rings. The van der Waals surface area contributed by atoms with Gasteiger partial charge in [0.1, 0.15) is 5.82 Å². The molecular weight excluding hydrogens is 393 g/mol. The number of amides is 2. The highest BCUT2D eigenvalue weighted by Gasteiger charge is 2.27. The van der Waals surface area contributed by atoms with Crippen molar-refractivity contribution < 1.29 is 9.18 Å². The normalized spacial score (nSPS) is 14.5. The van der Waals surface area contributed by atoms with Crippen molar-refractivity contribution in [3.63, 3.8) is 0 Å². The van der Waals surface area contributed by atoms with Gasteiger partial charge >= 0.3 is 6.03 Å². The maximum absolute atomic E-state index is 14.1. The molecule has 1 aromatic heterocycles. The topological polar surface area (TPSA) is 65.2 Å². The Morgan fingerprint density at radius 1 is 1.13 bits per heavy atom. The third-order valence-corrected chi connectivity index (χ3v) is 6.36. The summed E-state index contributed by atoms with van der Waals surface area (Å²) in [6, 6.07) is 11.7. The van der Waals surface area contributed by atoms with Crippen molar-refractivity contribution in [1.29, 1.82) is 0 Å². The summed E-state index contributed by atoms with van der Waals surface area (Å²) in [6.07, 6.45) is 5.00. The number of carbonyl (C=O) groups excluding carboxylic acids is 1. The summed E-state index contributed by atoms with van der Waals surface area (Å²) in [4.78, 5) is 30.8. The van der Waals surface area contributed by atoms with Crippen LogP contribution in [-0.2, 0) is 6.54 Å². The van der Waals surface area contributed by atoms with Crippen molar-refractivity contribution in [3.8, 4) is 0 Å². The number of benzene rings is 2. The van der Waals surface area contributed by atoms with E-state index in [4.69, 9.17) is 0 Å². The molecule has 3 aromatic rings. The van der Waals surface area contributed by atoms with Crippen LogP contribution in [0.2, 0.25) is 0 Å². The second-order valence-corrected chi connectivity index (χ2v) is 8.43. The zero-order valence-electron chi connectivity index (χ0n) is 18.0. The Labute approximate surface area is 181 Å². The lowest BCUT2D eigenvalue weighted by Gasteiger charge is -2.34. The highest BCUT2D eigenvalue weighted by Crippen LogP contribution is 2.26. The fourth-order valence-corrected chi connectivity index (χ4v) is 4.38. The number of aryl methyl sites for hydroxylation is 2. The summed E-state index contributed by atoms with van der Waals surface area (Å²) >= 11 is 0. The molecule has 0 atom stereocenters. The minimum absolute atomic E-state index is 0.0235. The van der Waals surface area contributed by atoms with Crippen LogP contribution in [0.25, 0.3) is 10.9 Å². The fraction of sp³-hybridized carbons (Fsp3) is 0.360. The van der Waals surface area contributed by atoms with Gasteiger partial charge in [-0.05, 0) is 61.4 Å². The predicted octanol–water partition coefficient (Wildman–Crippen LogP) is 5.65. The van der Waals surface area contributed by atoms with Gasteiger partial charge < -0.3 is 15.2 Å². The number of pyridine rings is 1. The number of H-pyrrole nitrogens is 1. The molecule has 0 bridgehead atoms. The number of nitrogens with one attached hydrogen (secondary N) is 2. The van der Waals surface area contributed by atoms with Crippen LogP contribution in [0.15, 0.2) is 47.3 Å². The lowest BCUT2D eigenvalue weighted by Crippen LogP contribution is -2.44. The third-order valence-electron chi connectivity index (χ3n) is 6.36. The van der Waals surface area contributed by atoms with E-state index >= 15 is 0 Å². The van der Waals surface area contributed by atoms with E-state index in [1.54, 1.807) is 23.1 Å². The number of fused-ring (bicyclic) bond motifs is 1. The standard InChI is InChI=1S/C25H28FN3O2/c1-16-12-13-18-14-19(24(30)28-23(18)17(16)2)15-29(20-8-4-3-5-9-20)25(31)27-22-11-7-6-10-21(22)26/h6-7,10-14,20H,3-5,8-9,15H2,1-2H3,(H,27,31)(H,28,30). The summed E-state index contributed by atoms with van der Waals surface area (Å²) < 4.78 is 14.1. The summed E-state index contributed by atoms with van der Waals surface area (Å²) in [5, 5.41) is 3.64. The molecule has 6 heteroatoms. The Hall–Kier alpha value is -3.15. The van der Waals surface area contributed by atoms with Gasteiger partial charge in [0.15, 0.2) is 0 Å². The van der Waals surface area contributed by atoms with E-state index in [0.29, 0.717) is 5.56 Å². The van der Waals surface area contributed by atoms with E-state index in [1.807, 2.05) is 32.0 Å². The van der Waals surface area contributed by atoms with Gasteiger partial charge in [-0.3, -0.25) is 4.79 Å². The van der Waals surface area contributed by atoms with Crippen LogP contribution >= 0.6 is 0 Å². The Balaban J connectivity index is 1.67. The van der Waals surface area contributed by atoms with Crippen molar-refractivity contribution in [2.75, 3.05) is 5.32 Å². The zero-order chi connectivity index (χ0) is 22.0. The van der Waals surface area contributed by atoms with Gasteiger partial charge in [0.2, 0.25) is 0 Å². The molecule has 2 aromatic carbocycles. The summed E-state index contributed by atoms with van der Waals surface area (Å²) in [6.45, 7) is 4.19. The van der Waals surface area contributed by atoms with Crippen LogP contribution in [0.5, 0.6) is 0 Å². The van der Waals surface area contributed by atoms with Crippen molar-refractivity contribution in [3.05, 3.63) is 75.3 Å². The van der Waals surface area contributed by atoms with Crippen LogP contribution < -0.4 is 10.9 Å². The zero-order valence-corrected chi connectivity index (χ0v) is 18.0. The maximum Gasteiger partial charge on any atom is 0.322 e. The van der Waals surface area contributed by atoms with Crippen LogP contribution in [0.4, 0.5) is 14.9 Å². The van der Waals surface area contributed by atoms with Crippen molar-refractivity contribution in [1.82, 2.24) is 9.88 Å². The third kappa shape index (κ3) is 4.48. The maximum atomic E-state index is 14.1. The lowest BCUT2D eigenvalue weighted by atomic mass is 9.94. The number of rotatable bonds is 4. The molecule has 0 unspecified atom stereocenters. The molecule has 0 aliphatic heterocycles. The number of urea groups is 1. The van der Waals surface area contributed by atoms with Gasteiger partial charge in [-0.2, -0.15) is 0 Å². The van der Waals surface area contributed by atoms with Crippen molar-refractivity contribution in [2.45, 2.75) is 58.5 Å². The molecule has 2 N–H and O–H groups in total. The minimum Gasteiger partial charge on any atom is -0.321 e. The van der Waals surface area contributed by atoms with Crippen molar-refractivity contribution >= 4 is 22.6 Å². The van der Waals surface area contributed by atoms with Gasteiger partial charge in [-0.25, -0.2) is 9.18 Å². The number of hydrogen-bond donors (Lipinski definition) is 2. The highest BCUT2D eigenvalue weighted by atomic mass is 19.1. The first-order valence-corrected chi connectivity index (χ1v) is 10.9. The number of aromatic amines is 1. The van der Waals surface area contributed by atoms with E-state index in [-0.39, 0.29) is 29.9 Å². The van der Waals surface area contributed by atoms with E-state index < -0.39 is 5.82 Å². The van der Waals surface area contributed by atoms with Gasteiger partial charge in [-0.15, -0.1) is 0 Å². The van der Waals surface area contributed by atoms with Gasteiger partial charge in [-0.1, -0.05) is 43.5 Å². The minimum atomic E-state index is -0.478. The fourth-order valence-electron chi connectivity index (χ4n) is 4.38.